The van der Waals surface area contributed by atoms with Gasteiger partial charge in [-0.2, -0.15) is 0 Å². The molecular weight excluding hydrogens is 332 g/mol. The highest BCUT2D eigenvalue weighted by atomic mass is 16.5. The number of nitrogens with zero attached hydrogens (tertiary/aromatic N) is 3. The zero-order valence-electron chi connectivity index (χ0n) is 15.1. The number of ether oxygens (including phenoxy) is 1. The van der Waals surface area contributed by atoms with E-state index in [0.29, 0.717) is 28.8 Å². The van der Waals surface area contributed by atoms with Gasteiger partial charge in [0.1, 0.15) is 17.2 Å². The predicted molar refractivity (Wildman–Crippen MR) is 99.7 cm³/mol. The number of methoxy groups -OCH3 is 1. The van der Waals surface area contributed by atoms with Gasteiger partial charge in [0, 0.05) is 18.8 Å². The van der Waals surface area contributed by atoms with E-state index in [2.05, 4.69) is 30.9 Å². The van der Waals surface area contributed by atoms with E-state index in [4.69, 9.17) is 4.74 Å². The molecule has 0 amide bonds. The van der Waals surface area contributed by atoms with Gasteiger partial charge in [0.2, 0.25) is 0 Å². The summed E-state index contributed by atoms with van der Waals surface area (Å²) in [5.74, 6) is 1.35. The second-order valence-corrected chi connectivity index (χ2v) is 6.35. The molecule has 8 heteroatoms. The highest BCUT2D eigenvalue weighted by Gasteiger charge is 2.17. The van der Waals surface area contributed by atoms with Crippen molar-refractivity contribution in [3.8, 4) is 0 Å². The Kier molecular flexibility index (Phi) is 5.96. The summed E-state index contributed by atoms with van der Waals surface area (Å²) >= 11 is 0. The second-order valence-electron chi connectivity index (χ2n) is 6.35. The number of aryl methyl sites for hydroxylation is 1. The van der Waals surface area contributed by atoms with E-state index in [1.54, 1.807) is 18.5 Å². The third-order valence-corrected chi connectivity index (χ3v) is 4.39. The van der Waals surface area contributed by atoms with Crippen LogP contribution in [-0.4, -0.2) is 47.7 Å². The average Bonchev–Trinajstić information content (AvgIpc) is 2.68. The maximum Gasteiger partial charge on any atom is 0.341 e. The summed E-state index contributed by atoms with van der Waals surface area (Å²) in [6.07, 6.45) is 7.08. The number of hydrogen-bond donors (Lipinski definition) is 3. The molecule has 1 aliphatic rings. The molecule has 2 aromatic heterocycles. The Bertz CT molecular complexity index is 744. The van der Waals surface area contributed by atoms with Crippen LogP contribution in [0.25, 0.3) is 0 Å². The summed E-state index contributed by atoms with van der Waals surface area (Å²) in [6.45, 7) is 4.75. The fraction of sp³-hybridized carbons (Fsp3) is 0.444. The van der Waals surface area contributed by atoms with Crippen molar-refractivity contribution in [1.29, 1.82) is 0 Å². The highest BCUT2D eigenvalue weighted by molar-refractivity contribution is 5.95. The Morgan fingerprint density at radius 2 is 1.96 bits per heavy atom. The van der Waals surface area contributed by atoms with Gasteiger partial charge in [0.15, 0.2) is 0 Å². The maximum atomic E-state index is 12.0. The first-order chi connectivity index (χ1) is 12.7. The van der Waals surface area contributed by atoms with Crippen LogP contribution < -0.4 is 16.0 Å². The molecule has 3 heterocycles. The summed E-state index contributed by atoms with van der Waals surface area (Å²) in [4.78, 5) is 24.8. The lowest BCUT2D eigenvalue weighted by atomic mass is 9.98. The molecule has 1 saturated heterocycles. The molecule has 0 bridgehead atoms. The highest BCUT2D eigenvalue weighted by Crippen LogP contribution is 2.23. The lowest BCUT2D eigenvalue weighted by Gasteiger charge is -2.23. The molecule has 26 heavy (non-hydrogen) atoms. The van der Waals surface area contributed by atoms with Gasteiger partial charge >= 0.3 is 5.97 Å². The number of anilines is 3. The minimum atomic E-state index is -0.410. The van der Waals surface area contributed by atoms with Gasteiger partial charge in [-0.05, 0) is 38.8 Å². The summed E-state index contributed by atoms with van der Waals surface area (Å²) in [7, 11) is 1.37. The largest absolute Gasteiger partial charge is 0.465 e. The third-order valence-electron chi connectivity index (χ3n) is 4.39. The number of pyridine rings is 1. The lowest BCUT2D eigenvalue weighted by molar-refractivity contribution is 0.0601. The quantitative estimate of drug-likeness (QED) is 0.677. The van der Waals surface area contributed by atoms with Crippen LogP contribution in [0, 0.1) is 12.8 Å². The topological polar surface area (TPSA) is 101 Å². The molecule has 0 aromatic carbocycles. The van der Waals surface area contributed by atoms with Crippen LogP contribution in [0.2, 0.25) is 0 Å². The van der Waals surface area contributed by atoms with Gasteiger partial charge in [-0.15, -0.1) is 0 Å². The number of carbonyl (C=O) groups excluding carboxylic acids is 1. The Morgan fingerprint density at radius 3 is 2.65 bits per heavy atom. The predicted octanol–water partition coefficient (Wildman–Crippen LogP) is 2.12. The van der Waals surface area contributed by atoms with Crippen molar-refractivity contribution in [2.45, 2.75) is 19.8 Å². The first-order valence-electron chi connectivity index (χ1n) is 8.74. The zero-order valence-corrected chi connectivity index (χ0v) is 15.1. The third kappa shape index (κ3) is 4.66. The van der Waals surface area contributed by atoms with Gasteiger partial charge in [-0.1, -0.05) is 0 Å². The van der Waals surface area contributed by atoms with Crippen LogP contribution in [-0.2, 0) is 4.74 Å². The molecule has 1 fully saturated rings. The van der Waals surface area contributed by atoms with Crippen molar-refractivity contribution in [3.05, 3.63) is 35.9 Å². The van der Waals surface area contributed by atoms with Crippen LogP contribution in [0.15, 0.2) is 24.7 Å². The van der Waals surface area contributed by atoms with Gasteiger partial charge in [-0.3, -0.25) is 4.98 Å². The number of aromatic nitrogens is 3. The minimum Gasteiger partial charge on any atom is -0.465 e. The first-order valence-corrected chi connectivity index (χ1v) is 8.74. The van der Waals surface area contributed by atoms with Crippen molar-refractivity contribution in [2.24, 2.45) is 5.92 Å². The number of piperidine rings is 1. The van der Waals surface area contributed by atoms with E-state index >= 15 is 0 Å². The molecule has 3 N–H and O–H groups in total. The van der Waals surface area contributed by atoms with E-state index < -0.39 is 5.97 Å². The van der Waals surface area contributed by atoms with Gasteiger partial charge in [-0.25, -0.2) is 14.8 Å². The minimum absolute atomic E-state index is 0.410. The summed E-state index contributed by atoms with van der Waals surface area (Å²) in [5.41, 5.74) is 1.96. The maximum absolute atomic E-state index is 12.0. The second kappa shape index (κ2) is 8.57. The van der Waals surface area contributed by atoms with Crippen molar-refractivity contribution < 1.29 is 9.53 Å². The Morgan fingerprint density at radius 1 is 1.19 bits per heavy atom. The number of hydrogen-bond acceptors (Lipinski definition) is 8. The van der Waals surface area contributed by atoms with Crippen LogP contribution in [0.3, 0.4) is 0 Å². The fourth-order valence-corrected chi connectivity index (χ4v) is 2.87. The SMILES string of the molecule is COC(=O)c1cnc(Nc2cnc(C)cn2)cc1NCC1CCNCC1. The smallest absolute Gasteiger partial charge is 0.341 e. The number of carbonyl (C=O) groups is 1. The molecule has 0 radical (unpaired) electrons. The van der Waals surface area contributed by atoms with E-state index in [1.807, 2.05) is 6.92 Å². The molecule has 138 valence electrons. The van der Waals surface area contributed by atoms with Crippen molar-refractivity contribution >= 4 is 23.3 Å². The molecule has 2 aromatic rings. The van der Waals surface area contributed by atoms with Crippen LogP contribution >= 0.6 is 0 Å². The van der Waals surface area contributed by atoms with Crippen LogP contribution in [0.4, 0.5) is 17.3 Å². The Hall–Kier alpha value is -2.74. The Balaban J connectivity index is 1.76. The normalized spacial score (nSPS) is 14.7. The van der Waals surface area contributed by atoms with Crippen LogP contribution in [0.1, 0.15) is 28.9 Å². The zero-order chi connectivity index (χ0) is 18.4. The molecule has 0 atom stereocenters. The molecule has 8 nitrogen and oxygen atoms in total. The van der Waals surface area contributed by atoms with Gasteiger partial charge in [0.05, 0.1) is 30.9 Å². The summed E-state index contributed by atoms with van der Waals surface area (Å²) in [6, 6.07) is 1.80. The first kappa shape index (κ1) is 18.1. The molecular formula is C18H24N6O2. The molecule has 0 aliphatic carbocycles. The lowest BCUT2D eigenvalue weighted by Crippen LogP contribution is -2.31. The summed E-state index contributed by atoms with van der Waals surface area (Å²) < 4.78 is 4.87. The van der Waals surface area contributed by atoms with Crippen LogP contribution in [0.5, 0.6) is 0 Å². The molecule has 1 aliphatic heterocycles. The molecule has 3 rings (SSSR count). The molecule has 0 spiro atoms. The average molecular weight is 356 g/mol. The van der Waals surface area contributed by atoms with E-state index in [0.717, 1.165) is 38.2 Å². The van der Waals surface area contributed by atoms with Crippen molar-refractivity contribution in [3.63, 3.8) is 0 Å². The van der Waals surface area contributed by atoms with E-state index in [-0.39, 0.29) is 0 Å². The van der Waals surface area contributed by atoms with Gasteiger partial charge in [0.25, 0.3) is 0 Å². The Labute approximate surface area is 152 Å². The number of rotatable bonds is 6. The van der Waals surface area contributed by atoms with E-state index in [9.17, 15) is 4.79 Å². The standard InChI is InChI=1S/C18H24N6O2/c1-12-8-22-17(11-20-12)24-16-7-15(14(10-23-16)18(25)26-2)21-9-13-3-5-19-6-4-13/h7-8,10-11,13,19H,3-6,9H2,1-2H3,(H2,21,22,23,24). The van der Waals surface area contributed by atoms with Crippen molar-refractivity contribution in [2.75, 3.05) is 37.4 Å². The number of esters is 1. The van der Waals surface area contributed by atoms with Gasteiger partial charge < -0.3 is 20.7 Å². The molecule has 0 unspecified atom stereocenters. The monoisotopic (exact) mass is 356 g/mol. The number of nitrogens with one attached hydrogen (secondary N) is 3. The van der Waals surface area contributed by atoms with Crippen molar-refractivity contribution in [1.82, 2.24) is 20.3 Å². The fourth-order valence-electron chi connectivity index (χ4n) is 2.87. The summed E-state index contributed by atoms with van der Waals surface area (Å²) in [5, 5.41) is 9.85. The van der Waals surface area contributed by atoms with E-state index in [1.165, 1.54) is 13.3 Å². The molecule has 0 saturated carbocycles.